The minimum absolute atomic E-state index is 0.179. The number of amides is 1. The normalized spacial score (nSPS) is 10.4. The first-order valence-electron chi connectivity index (χ1n) is 8.60. The zero-order valence-electron chi connectivity index (χ0n) is 14.9. The van der Waals surface area contributed by atoms with E-state index >= 15 is 0 Å². The molecule has 1 aromatic heterocycles. The van der Waals surface area contributed by atoms with Crippen molar-refractivity contribution in [2.75, 3.05) is 13.6 Å². The van der Waals surface area contributed by atoms with E-state index in [4.69, 9.17) is 11.6 Å². The lowest BCUT2D eigenvalue weighted by Crippen LogP contribution is -2.30. The van der Waals surface area contributed by atoms with Crippen LogP contribution in [0.25, 0.3) is 0 Å². The van der Waals surface area contributed by atoms with Crippen LogP contribution in [-0.2, 0) is 6.42 Å². The highest BCUT2D eigenvalue weighted by molar-refractivity contribution is 6.30. The van der Waals surface area contributed by atoms with Crippen molar-refractivity contribution in [1.82, 2.24) is 9.88 Å². The maximum Gasteiger partial charge on any atom is 0.254 e. The van der Waals surface area contributed by atoms with Crippen molar-refractivity contribution in [3.63, 3.8) is 0 Å². The second-order valence-corrected chi connectivity index (χ2v) is 6.65. The van der Waals surface area contributed by atoms with Crippen molar-refractivity contribution < 1.29 is 9.59 Å². The molecule has 0 aliphatic heterocycles. The molecule has 3 aromatic rings. The number of aromatic nitrogens is 1. The van der Waals surface area contributed by atoms with Crippen molar-refractivity contribution in [3.05, 3.63) is 100 Å². The Hall–Kier alpha value is -2.98. The number of benzene rings is 2. The van der Waals surface area contributed by atoms with Gasteiger partial charge in [-0.05, 0) is 54.4 Å². The summed E-state index contributed by atoms with van der Waals surface area (Å²) in [5, 5.41) is 0.562. The van der Waals surface area contributed by atoms with Gasteiger partial charge in [-0.15, -0.1) is 0 Å². The molecule has 4 nitrogen and oxygen atoms in total. The Morgan fingerprint density at radius 2 is 1.56 bits per heavy atom. The molecule has 0 fully saturated rings. The summed E-state index contributed by atoms with van der Waals surface area (Å²) in [4.78, 5) is 31.4. The number of rotatable bonds is 6. The molecule has 0 N–H and O–H groups in total. The standard InChI is InChI=1S/C22H19ClN2O2/c1-25(15-12-16-10-13-24-14-11-16)22(27)20-5-3-2-4-19(20)21(26)17-6-8-18(23)9-7-17/h2-11,13-14H,12,15H2,1H3. The number of carbonyl (C=O) groups excluding carboxylic acids is 2. The second kappa shape index (κ2) is 8.60. The van der Waals surface area contributed by atoms with E-state index in [-0.39, 0.29) is 11.7 Å². The molecule has 136 valence electrons. The van der Waals surface area contributed by atoms with Crippen LogP contribution in [0, 0.1) is 0 Å². The molecule has 5 heteroatoms. The van der Waals surface area contributed by atoms with E-state index in [0.717, 1.165) is 12.0 Å². The summed E-state index contributed by atoms with van der Waals surface area (Å²) in [6.07, 6.45) is 4.19. The summed E-state index contributed by atoms with van der Waals surface area (Å²) < 4.78 is 0. The molecule has 1 amide bonds. The van der Waals surface area contributed by atoms with Crippen LogP contribution in [-0.4, -0.2) is 35.2 Å². The molecule has 0 atom stereocenters. The first kappa shape index (κ1) is 18.8. The SMILES string of the molecule is CN(CCc1ccncc1)C(=O)c1ccccc1C(=O)c1ccc(Cl)cc1. The quantitative estimate of drug-likeness (QED) is 0.601. The molecular formula is C22H19ClN2O2. The lowest BCUT2D eigenvalue weighted by molar-refractivity contribution is 0.0792. The van der Waals surface area contributed by atoms with Gasteiger partial charge in [0.2, 0.25) is 0 Å². The fourth-order valence-electron chi connectivity index (χ4n) is 2.78. The van der Waals surface area contributed by atoms with E-state index in [0.29, 0.717) is 28.3 Å². The first-order valence-corrected chi connectivity index (χ1v) is 8.97. The van der Waals surface area contributed by atoms with Crippen LogP contribution in [0.4, 0.5) is 0 Å². The van der Waals surface area contributed by atoms with Gasteiger partial charge in [-0.25, -0.2) is 0 Å². The number of carbonyl (C=O) groups is 2. The third-order valence-electron chi connectivity index (χ3n) is 4.34. The third-order valence-corrected chi connectivity index (χ3v) is 4.59. The molecule has 0 aliphatic rings. The molecule has 27 heavy (non-hydrogen) atoms. The van der Waals surface area contributed by atoms with Gasteiger partial charge in [-0.2, -0.15) is 0 Å². The summed E-state index contributed by atoms with van der Waals surface area (Å²) in [5.41, 5.74) is 2.39. The number of pyridine rings is 1. The maximum absolute atomic E-state index is 12.9. The Morgan fingerprint density at radius 1 is 0.926 bits per heavy atom. The Balaban J connectivity index is 1.79. The van der Waals surface area contributed by atoms with E-state index in [2.05, 4.69) is 4.98 Å². The van der Waals surface area contributed by atoms with E-state index in [1.165, 1.54) is 0 Å². The monoisotopic (exact) mass is 378 g/mol. The zero-order chi connectivity index (χ0) is 19.2. The van der Waals surface area contributed by atoms with Gasteiger partial charge in [0.05, 0.1) is 5.56 Å². The molecule has 0 aliphatic carbocycles. The molecular weight excluding hydrogens is 360 g/mol. The Kier molecular flexibility index (Phi) is 5.99. The Morgan fingerprint density at radius 3 is 2.22 bits per heavy atom. The lowest BCUT2D eigenvalue weighted by Gasteiger charge is -2.19. The van der Waals surface area contributed by atoms with Crippen molar-refractivity contribution >= 4 is 23.3 Å². The summed E-state index contributed by atoms with van der Waals surface area (Å²) in [6, 6.07) is 17.4. The van der Waals surface area contributed by atoms with Gasteiger partial charge in [0.25, 0.3) is 5.91 Å². The predicted octanol–water partition coefficient (Wildman–Crippen LogP) is 4.28. The van der Waals surface area contributed by atoms with Crippen molar-refractivity contribution in [2.45, 2.75) is 6.42 Å². The molecule has 0 spiro atoms. The third kappa shape index (κ3) is 4.60. The fraction of sp³-hybridized carbons (Fsp3) is 0.136. The van der Waals surface area contributed by atoms with Gasteiger partial charge in [0.15, 0.2) is 5.78 Å². The predicted molar refractivity (Wildman–Crippen MR) is 106 cm³/mol. The number of hydrogen-bond acceptors (Lipinski definition) is 3. The smallest absolute Gasteiger partial charge is 0.254 e. The van der Waals surface area contributed by atoms with Crippen molar-refractivity contribution in [2.24, 2.45) is 0 Å². The first-order chi connectivity index (χ1) is 13.1. The fourth-order valence-corrected chi connectivity index (χ4v) is 2.90. The maximum atomic E-state index is 12.9. The Bertz CT molecular complexity index is 940. The van der Waals surface area contributed by atoms with Crippen molar-refractivity contribution in [1.29, 1.82) is 0 Å². The molecule has 0 saturated carbocycles. The number of halogens is 1. The molecule has 3 rings (SSSR count). The molecule has 0 bridgehead atoms. The van der Waals surface area contributed by atoms with Crippen LogP contribution in [0.5, 0.6) is 0 Å². The van der Waals surface area contributed by atoms with E-state index in [1.54, 1.807) is 72.9 Å². The highest BCUT2D eigenvalue weighted by Gasteiger charge is 2.20. The van der Waals surface area contributed by atoms with Crippen LogP contribution in [0.1, 0.15) is 31.8 Å². The van der Waals surface area contributed by atoms with Gasteiger partial charge in [-0.1, -0.05) is 29.8 Å². The number of ketones is 1. The van der Waals surface area contributed by atoms with E-state index in [1.807, 2.05) is 12.1 Å². The van der Waals surface area contributed by atoms with E-state index < -0.39 is 0 Å². The van der Waals surface area contributed by atoms with Gasteiger partial charge < -0.3 is 4.90 Å². The molecule has 0 unspecified atom stereocenters. The number of hydrogen-bond donors (Lipinski definition) is 0. The number of nitrogens with zero attached hydrogens (tertiary/aromatic N) is 2. The van der Waals surface area contributed by atoms with Crippen LogP contribution >= 0.6 is 11.6 Å². The largest absolute Gasteiger partial charge is 0.341 e. The Labute approximate surface area is 163 Å². The molecule has 2 aromatic carbocycles. The van der Waals surface area contributed by atoms with Crippen molar-refractivity contribution in [3.8, 4) is 0 Å². The summed E-state index contributed by atoms with van der Waals surface area (Å²) in [5.74, 6) is -0.375. The summed E-state index contributed by atoms with van der Waals surface area (Å²) in [7, 11) is 1.74. The van der Waals surface area contributed by atoms with Crippen LogP contribution in [0.3, 0.4) is 0 Å². The minimum atomic E-state index is -0.196. The minimum Gasteiger partial charge on any atom is -0.341 e. The van der Waals surface area contributed by atoms with Gasteiger partial charge in [-0.3, -0.25) is 14.6 Å². The topological polar surface area (TPSA) is 50.3 Å². The summed E-state index contributed by atoms with van der Waals surface area (Å²) >= 11 is 5.89. The van der Waals surface area contributed by atoms with Crippen LogP contribution in [0.2, 0.25) is 5.02 Å². The van der Waals surface area contributed by atoms with Crippen LogP contribution in [0.15, 0.2) is 73.1 Å². The van der Waals surface area contributed by atoms with E-state index in [9.17, 15) is 9.59 Å². The zero-order valence-corrected chi connectivity index (χ0v) is 15.7. The lowest BCUT2D eigenvalue weighted by atomic mass is 9.97. The molecule has 1 heterocycles. The average Bonchev–Trinajstić information content (AvgIpc) is 2.72. The van der Waals surface area contributed by atoms with Crippen LogP contribution < -0.4 is 0 Å². The van der Waals surface area contributed by atoms with Gasteiger partial charge in [0, 0.05) is 42.1 Å². The molecule has 0 saturated heterocycles. The second-order valence-electron chi connectivity index (χ2n) is 6.21. The highest BCUT2D eigenvalue weighted by Crippen LogP contribution is 2.18. The summed E-state index contributed by atoms with van der Waals surface area (Å²) in [6.45, 7) is 0.548. The molecule has 0 radical (unpaired) electrons. The highest BCUT2D eigenvalue weighted by atomic mass is 35.5. The van der Waals surface area contributed by atoms with Gasteiger partial charge in [0.1, 0.15) is 0 Å². The number of likely N-dealkylation sites (N-methyl/N-ethyl adjacent to an activating group) is 1. The van der Waals surface area contributed by atoms with Gasteiger partial charge >= 0.3 is 0 Å². The average molecular weight is 379 g/mol.